The van der Waals surface area contributed by atoms with E-state index in [1.54, 1.807) is 24.3 Å². The first-order chi connectivity index (χ1) is 9.62. The minimum Gasteiger partial charge on any atom is -0.465 e. The third-order valence-corrected chi connectivity index (χ3v) is 3.02. The van der Waals surface area contributed by atoms with Gasteiger partial charge in [0.15, 0.2) is 5.56 Å². The molecule has 0 amide bonds. The highest BCUT2D eigenvalue weighted by molar-refractivity contribution is 6.30. The number of rotatable bonds is 2. The van der Waals surface area contributed by atoms with Crippen molar-refractivity contribution >= 4 is 17.4 Å². The predicted octanol–water partition coefficient (Wildman–Crippen LogP) is 2.16. The highest BCUT2D eigenvalue weighted by Gasteiger charge is 2.24. The van der Waals surface area contributed by atoms with Gasteiger partial charge in [-0.25, -0.2) is 4.98 Å². The van der Waals surface area contributed by atoms with Gasteiger partial charge in [-0.3, -0.25) is 5.73 Å². The van der Waals surface area contributed by atoms with Gasteiger partial charge in [-0.1, -0.05) is 23.7 Å². The molecule has 0 aliphatic rings. The van der Waals surface area contributed by atoms with Crippen molar-refractivity contribution in [2.45, 2.75) is 0 Å². The van der Waals surface area contributed by atoms with E-state index in [0.717, 1.165) is 0 Å². The molecule has 20 heavy (non-hydrogen) atoms. The maximum Gasteiger partial charge on any atom is 0.300 e. The average molecular weight is 286 g/mol. The molecule has 0 fully saturated rings. The van der Waals surface area contributed by atoms with Crippen molar-refractivity contribution in [1.82, 2.24) is 0 Å². The minimum absolute atomic E-state index is 0.137. The van der Waals surface area contributed by atoms with Crippen molar-refractivity contribution < 1.29 is 9.72 Å². The molecule has 6 heteroatoms. The van der Waals surface area contributed by atoms with Crippen molar-refractivity contribution in [3.8, 4) is 29.1 Å². The number of hydrogen-bond donors (Lipinski definition) is 1. The zero-order valence-corrected chi connectivity index (χ0v) is 11.3. The molecule has 1 aromatic heterocycles. The Labute approximate surface area is 120 Å². The van der Waals surface area contributed by atoms with Gasteiger partial charge in [-0.15, -0.1) is 0 Å². The average Bonchev–Trinajstić information content (AvgIpc) is 2.45. The summed E-state index contributed by atoms with van der Waals surface area (Å²) in [4.78, 5) is 2.70. The Morgan fingerprint density at radius 3 is 2.50 bits per heavy atom. The summed E-state index contributed by atoms with van der Waals surface area (Å²) < 4.78 is 5.11. The Kier molecular flexibility index (Phi) is 3.74. The molecule has 0 saturated heterocycles. The molecule has 3 N–H and O–H groups in total. The number of aromatic amines is 1. The number of pyridine rings is 1. The number of hydrogen-bond acceptors (Lipinski definition) is 4. The summed E-state index contributed by atoms with van der Waals surface area (Å²) in [5.74, 6) is 0.345. The number of ether oxygens (including phenoxy) is 1. The summed E-state index contributed by atoms with van der Waals surface area (Å²) in [7, 11) is 1.42. The van der Waals surface area contributed by atoms with E-state index in [4.69, 9.17) is 22.1 Å². The van der Waals surface area contributed by atoms with Gasteiger partial charge < -0.3 is 4.74 Å². The van der Waals surface area contributed by atoms with Crippen LogP contribution in [0, 0.1) is 22.7 Å². The smallest absolute Gasteiger partial charge is 0.300 e. The van der Waals surface area contributed by atoms with Gasteiger partial charge in [0.1, 0.15) is 17.7 Å². The number of nitrogens with zero attached hydrogens (tertiary/aromatic N) is 2. The van der Waals surface area contributed by atoms with Crippen molar-refractivity contribution in [3.05, 3.63) is 40.4 Å². The number of nitrogen functional groups attached to an aromatic ring is 1. The van der Waals surface area contributed by atoms with Crippen LogP contribution in [0.2, 0.25) is 5.02 Å². The number of halogens is 1. The van der Waals surface area contributed by atoms with Crippen molar-refractivity contribution in [3.63, 3.8) is 0 Å². The third kappa shape index (κ3) is 2.23. The van der Waals surface area contributed by atoms with Gasteiger partial charge in [-0.05, 0) is 17.7 Å². The van der Waals surface area contributed by atoms with Crippen LogP contribution >= 0.6 is 11.6 Å². The fourth-order valence-corrected chi connectivity index (χ4v) is 2.12. The Morgan fingerprint density at radius 2 is 1.95 bits per heavy atom. The van der Waals surface area contributed by atoms with Gasteiger partial charge in [0.2, 0.25) is 0 Å². The molecule has 0 saturated carbocycles. The van der Waals surface area contributed by atoms with Gasteiger partial charge >= 0.3 is 5.88 Å². The molecular weight excluding hydrogens is 276 g/mol. The molecule has 0 radical (unpaired) electrons. The van der Waals surface area contributed by atoms with Gasteiger partial charge in [0, 0.05) is 10.6 Å². The zero-order chi connectivity index (χ0) is 14.7. The second-order valence-corrected chi connectivity index (χ2v) is 4.37. The van der Waals surface area contributed by atoms with E-state index in [-0.39, 0.29) is 22.8 Å². The van der Waals surface area contributed by atoms with Crippen molar-refractivity contribution in [1.29, 1.82) is 10.5 Å². The number of aromatic nitrogens is 1. The summed E-state index contributed by atoms with van der Waals surface area (Å²) in [6.45, 7) is 0. The van der Waals surface area contributed by atoms with E-state index >= 15 is 0 Å². The normalized spacial score (nSPS) is 9.60. The lowest BCUT2D eigenvalue weighted by Crippen LogP contribution is -2.18. The maximum atomic E-state index is 9.34. The number of benzene rings is 1. The molecule has 0 unspecified atom stereocenters. The van der Waals surface area contributed by atoms with E-state index in [2.05, 4.69) is 4.98 Å². The largest absolute Gasteiger partial charge is 0.465 e. The Balaban J connectivity index is 2.90. The monoisotopic (exact) mass is 285 g/mol. The number of H-pyrrole nitrogens is 1. The van der Waals surface area contributed by atoms with Crippen LogP contribution in [0.25, 0.3) is 11.1 Å². The molecule has 1 aromatic carbocycles. The molecule has 98 valence electrons. The number of nitrogens with two attached hydrogens (primary N) is 1. The van der Waals surface area contributed by atoms with Crippen LogP contribution in [0.4, 0.5) is 5.82 Å². The van der Waals surface area contributed by atoms with Crippen molar-refractivity contribution in [2.24, 2.45) is 0 Å². The van der Waals surface area contributed by atoms with E-state index in [9.17, 15) is 10.5 Å². The van der Waals surface area contributed by atoms with Crippen LogP contribution < -0.4 is 15.5 Å². The van der Waals surface area contributed by atoms with Crippen LogP contribution in [-0.2, 0) is 0 Å². The summed E-state index contributed by atoms with van der Waals surface area (Å²) in [6.07, 6.45) is 0. The van der Waals surface area contributed by atoms with E-state index in [1.807, 2.05) is 12.1 Å². The Hall–Kier alpha value is -2.76. The van der Waals surface area contributed by atoms with Crippen LogP contribution in [0.5, 0.6) is 5.88 Å². The first-order valence-corrected chi connectivity index (χ1v) is 5.99. The molecule has 2 aromatic rings. The number of nitriles is 2. The SMILES string of the molecule is COc1[nH+]c(N)c(C#N)c(-c2cccc(Cl)c2)c1C#N. The quantitative estimate of drug-likeness (QED) is 0.914. The molecule has 5 nitrogen and oxygen atoms in total. The lowest BCUT2D eigenvalue weighted by atomic mass is 9.96. The maximum absolute atomic E-state index is 9.34. The number of anilines is 1. The van der Waals surface area contributed by atoms with Crippen molar-refractivity contribution in [2.75, 3.05) is 12.8 Å². The first kappa shape index (κ1) is 13.7. The standard InChI is InChI=1S/C14H9ClN4O/c1-20-14-11(7-17)12(10(6-16)13(18)19-14)8-3-2-4-9(15)5-8/h2-5H,1H3,(H2,18,19)/p+1. The highest BCUT2D eigenvalue weighted by Crippen LogP contribution is 2.33. The summed E-state index contributed by atoms with van der Waals surface area (Å²) in [5.41, 5.74) is 7.24. The van der Waals surface area contributed by atoms with Crippen LogP contribution in [-0.4, -0.2) is 7.11 Å². The second-order valence-electron chi connectivity index (χ2n) is 3.93. The van der Waals surface area contributed by atoms with Gasteiger partial charge in [-0.2, -0.15) is 10.5 Å². The first-order valence-electron chi connectivity index (χ1n) is 5.61. The van der Waals surface area contributed by atoms with E-state index in [0.29, 0.717) is 16.1 Å². The summed E-state index contributed by atoms with van der Waals surface area (Å²) >= 11 is 5.96. The molecule has 0 aliphatic heterocycles. The fraction of sp³-hybridized carbons (Fsp3) is 0.0714. The number of nitrogens with one attached hydrogen (secondary N) is 1. The molecule has 0 bridgehead atoms. The molecule has 0 spiro atoms. The van der Waals surface area contributed by atoms with E-state index in [1.165, 1.54) is 7.11 Å². The highest BCUT2D eigenvalue weighted by atomic mass is 35.5. The Bertz CT molecular complexity index is 759. The second kappa shape index (κ2) is 5.48. The topological polar surface area (TPSA) is 97.0 Å². The van der Waals surface area contributed by atoms with Crippen LogP contribution in [0.1, 0.15) is 11.1 Å². The molecule has 1 heterocycles. The Morgan fingerprint density at radius 1 is 1.25 bits per heavy atom. The fourth-order valence-electron chi connectivity index (χ4n) is 1.93. The lowest BCUT2D eigenvalue weighted by Gasteiger charge is -2.09. The van der Waals surface area contributed by atoms with Crippen LogP contribution in [0.15, 0.2) is 24.3 Å². The predicted molar refractivity (Wildman–Crippen MR) is 73.8 cm³/mol. The van der Waals surface area contributed by atoms with Gasteiger partial charge in [0.25, 0.3) is 5.82 Å². The van der Waals surface area contributed by atoms with E-state index < -0.39 is 0 Å². The summed E-state index contributed by atoms with van der Waals surface area (Å²) in [5, 5.41) is 19.1. The molecular formula is C14H10ClN4O+. The third-order valence-electron chi connectivity index (χ3n) is 2.79. The zero-order valence-electron chi connectivity index (χ0n) is 10.6. The lowest BCUT2D eigenvalue weighted by molar-refractivity contribution is -0.376. The molecule has 0 atom stereocenters. The molecule has 0 aliphatic carbocycles. The molecule has 2 rings (SSSR count). The summed E-state index contributed by atoms with van der Waals surface area (Å²) in [6, 6.07) is 10.9. The minimum atomic E-state index is 0.137. The number of methoxy groups -OCH3 is 1. The van der Waals surface area contributed by atoms with Gasteiger partial charge in [0.05, 0.1) is 7.11 Å². The van der Waals surface area contributed by atoms with Crippen LogP contribution in [0.3, 0.4) is 0 Å².